The van der Waals surface area contributed by atoms with Gasteiger partial charge in [-0.1, -0.05) is 28.4 Å². The van der Waals surface area contributed by atoms with E-state index >= 15 is 0 Å². The molecule has 204 valence electrons. The monoisotopic (exact) mass is 595 g/mol. The zero-order valence-corrected chi connectivity index (χ0v) is 21.2. The molecule has 0 bridgehead atoms. The normalized spacial score (nSPS) is 24.4. The van der Waals surface area contributed by atoms with Gasteiger partial charge in [0.05, 0.1) is 22.8 Å². The molecule has 2 heterocycles. The number of ether oxygens (including phenoxy) is 2. The molecule has 3 aromatic rings. The zero-order chi connectivity index (χ0) is 27.7. The Bertz CT molecular complexity index is 1310. The fourth-order valence-corrected chi connectivity index (χ4v) is 5.67. The summed E-state index contributed by atoms with van der Waals surface area (Å²) in [6.07, 6.45) is -3.27. The van der Waals surface area contributed by atoms with E-state index in [0.717, 1.165) is 10.9 Å². The number of hydrogen-bond acceptors (Lipinski definition) is 8. The fraction of sp³-hybridized carbons (Fsp3) is 0.318. The molecule has 0 aliphatic carbocycles. The van der Waals surface area contributed by atoms with Crippen LogP contribution < -0.4 is 0 Å². The average molecular weight is 596 g/mol. The van der Waals surface area contributed by atoms with Crippen LogP contribution in [-0.4, -0.2) is 77.8 Å². The van der Waals surface area contributed by atoms with E-state index in [-0.39, 0.29) is 26.2 Å². The van der Waals surface area contributed by atoms with E-state index in [9.17, 15) is 37.8 Å². The van der Waals surface area contributed by atoms with E-state index in [0.29, 0.717) is 12.1 Å². The van der Waals surface area contributed by atoms with Crippen molar-refractivity contribution in [2.75, 3.05) is 13.2 Å². The highest BCUT2D eigenvalue weighted by Crippen LogP contribution is 2.38. The molecule has 1 aromatic heterocycles. The Balaban J connectivity index is 1.76. The first-order chi connectivity index (χ1) is 18.0. The molecule has 0 amide bonds. The molecule has 16 heteroatoms. The van der Waals surface area contributed by atoms with Crippen LogP contribution in [0.15, 0.2) is 41.4 Å². The molecule has 4 rings (SSSR count). The SMILES string of the molecule is O=C(O)CO[C@@H]1[C@@H](n2cc(-c3cc(F)c(F)c(F)c3)nn2)[C@@H](O)[C@@H](CO)O[C@@H]1[S+]([O-])c1ccc(Cl)c(Cl)c1. The van der Waals surface area contributed by atoms with Gasteiger partial charge in [-0.25, -0.2) is 22.6 Å². The number of halogens is 5. The molecule has 1 aliphatic heterocycles. The minimum absolute atomic E-state index is 0.0753. The fourth-order valence-electron chi connectivity index (χ4n) is 3.87. The maximum atomic E-state index is 13.8. The van der Waals surface area contributed by atoms with Crippen LogP contribution in [0.3, 0.4) is 0 Å². The second-order valence-electron chi connectivity index (χ2n) is 8.09. The third-order valence-electron chi connectivity index (χ3n) is 5.65. The first-order valence-corrected chi connectivity index (χ1v) is 12.7. The lowest BCUT2D eigenvalue weighted by atomic mass is 9.97. The van der Waals surface area contributed by atoms with Crippen LogP contribution >= 0.6 is 23.2 Å². The molecule has 1 fully saturated rings. The number of aliphatic carboxylic acids is 1. The molecule has 0 saturated carbocycles. The van der Waals surface area contributed by atoms with Crippen molar-refractivity contribution in [1.82, 2.24) is 15.0 Å². The Hall–Kier alpha value is -2.43. The number of rotatable bonds is 8. The number of hydrogen-bond donors (Lipinski definition) is 3. The largest absolute Gasteiger partial charge is 0.609 e. The van der Waals surface area contributed by atoms with Gasteiger partial charge >= 0.3 is 5.97 Å². The predicted octanol–water partition coefficient (Wildman–Crippen LogP) is 2.57. The summed E-state index contributed by atoms with van der Waals surface area (Å²) in [4.78, 5) is 11.4. The van der Waals surface area contributed by atoms with Crippen molar-refractivity contribution >= 4 is 40.3 Å². The van der Waals surface area contributed by atoms with Crippen LogP contribution in [0.4, 0.5) is 13.2 Å². The highest BCUT2D eigenvalue weighted by Gasteiger charge is 2.53. The second-order valence-corrected chi connectivity index (χ2v) is 10.4. The standard InChI is InChI=1S/C22H18Cl2F3N3O7S/c23-11-2-1-10(5-12(11)24)38(35)22-21(36-8-17(32)33)19(20(34)16(7-31)37-22)30-6-15(28-29-30)9-3-13(25)18(27)14(26)4-9/h1-6,16,19-22,31,34H,7-8H2,(H,32,33)/t16-,19+,20+,21-,22-,38?/m1/s1. The number of aliphatic hydroxyl groups is 2. The van der Waals surface area contributed by atoms with Crippen molar-refractivity contribution in [2.45, 2.75) is 34.7 Å². The van der Waals surface area contributed by atoms with Crippen molar-refractivity contribution in [2.24, 2.45) is 0 Å². The van der Waals surface area contributed by atoms with Gasteiger partial charge in [0.2, 0.25) is 5.44 Å². The number of aromatic nitrogens is 3. The Morgan fingerprint density at radius 1 is 1.18 bits per heavy atom. The van der Waals surface area contributed by atoms with Crippen LogP contribution in [-0.2, 0) is 25.4 Å². The number of nitrogens with zero attached hydrogens (tertiary/aromatic N) is 3. The topological polar surface area (TPSA) is 150 Å². The van der Waals surface area contributed by atoms with Crippen LogP contribution in [0.5, 0.6) is 0 Å². The van der Waals surface area contributed by atoms with E-state index in [1.54, 1.807) is 0 Å². The van der Waals surface area contributed by atoms with Crippen molar-refractivity contribution in [3.05, 3.63) is 64.0 Å². The predicted molar refractivity (Wildman–Crippen MR) is 126 cm³/mol. The summed E-state index contributed by atoms with van der Waals surface area (Å²) in [5.74, 6) is -6.01. The van der Waals surface area contributed by atoms with Crippen LogP contribution in [0.1, 0.15) is 6.04 Å². The van der Waals surface area contributed by atoms with Crippen molar-refractivity contribution in [3.8, 4) is 11.3 Å². The van der Waals surface area contributed by atoms with Crippen LogP contribution in [0.25, 0.3) is 11.3 Å². The van der Waals surface area contributed by atoms with Gasteiger partial charge in [-0.05, 0) is 24.3 Å². The minimum atomic E-state index is -2.11. The third-order valence-corrected chi connectivity index (χ3v) is 7.91. The van der Waals surface area contributed by atoms with Gasteiger partial charge in [0.15, 0.2) is 28.5 Å². The van der Waals surface area contributed by atoms with E-state index in [1.807, 2.05) is 0 Å². The summed E-state index contributed by atoms with van der Waals surface area (Å²) in [5.41, 5.74) is -1.79. The summed E-state index contributed by atoms with van der Waals surface area (Å²) in [7, 11) is 0. The van der Waals surface area contributed by atoms with Gasteiger partial charge in [0, 0.05) is 22.8 Å². The molecular formula is C22H18Cl2F3N3O7S. The number of benzene rings is 2. The van der Waals surface area contributed by atoms with E-state index in [4.69, 9.17) is 32.7 Å². The Labute approximate surface area is 225 Å². The van der Waals surface area contributed by atoms with Crippen molar-refractivity contribution < 1.29 is 47.3 Å². The Morgan fingerprint density at radius 2 is 1.87 bits per heavy atom. The summed E-state index contributed by atoms with van der Waals surface area (Å²) < 4.78 is 66.6. The average Bonchev–Trinajstić information content (AvgIpc) is 3.36. The van der Waals surface area contributed by atoms with E-state index < -0.39 is 77.6 Å². The molecule has 6 atom stereocenters. The lowest BCUT2D eigenvalue weighted by Crippen LogP contribution is -2.59. The number of aliphatic hydroxyl groups excluding tert-OH is 2. The summed E-state index contributed by atoms with van der Waals surface area (Å²) in [6, 6.07) is 4.09. The molecule has 1 saturated heterocycles. The Morgan fingerprint density at radius 3 is 2.47 bits per heavy atom. The van der Waals surface area contributed by atoms with E-state index in [2.05, 4.69) is 10.3 Å². The number of carbonyl (C=O) groups is 1. The second kappa shape index (κ2) is 11.8. The first kappa shape index (κ1) is 28.6. The first-order valence-electron chi connectivity index (χ1n) is 10.7. The molecular weight excluding hydrogens is 578 g/mol. The third kappa shape index (κ3) is 5.77. The minimum Gasteiger partial charge on any atom is -0.609 e. The summed E-state index contributed by atoms with van der Waals surface area (Å²) >= 11 is 9.86. The smallest absolute Gasteiger partial charge is 0.329 e. The number of carboxylic acid groups (broad SMARTS) is 1. The molecule has 2 aromatic carbocycles. The summed E-state index contributed by atoms with van der Waals surface area (Å²) in [6.45, 7) is -1.64. The molecule has 0 spiro atoms. The molecule has 3 N–H and O–H groups in total. The molecule has 10 nitrogen and oxygen atoms in total. The van der Waals surface area contributed by atoms with Gasteiger partial charge < -0.3 is 29.3 Å². The van der Waals surface area contributed by atoms with Gasteiger partial charge in [-0.15, -0.1) is 5.10 Å². The molecule has 1 unspecified atom stereocenters. The molecule has 1 aliphatic rings. The maximum Gasteiger partial charge on any atom is 0.329 e. The Kier molecular flexibility index (Phi) is 8.84. The maximum absolute atomic E-state index is 13.8. The van der Waals surface area contributed by atoms with Crippen LogP contribution in [0.2, 0.25) is 10.0 Å². The zero-order valence-electron chi connectivity index (χ0n) is 18.9. The van der Waals surface area contributed by atoms with Crippen molar-refractivity contribution in [3.63, 3.8) is 0 Å². The quantitative estimate of drug-likeness (QED) is 0.264. The lowest BCUT2D eigenvalue weighted by molar-refractivity contribution is -0.198. The molecule has 38 heavy (non-hydrogen) atoms. The number of carboxylic acids is 1. The lowest BCUT2D eigenvalue weighted by Gasteiger charge is -2.43. The van der Waals surface area contributed by atoms with Gasteiger partial charge in [0.1, 0.15) is 30.6 Å². The van der Waals surface area contributed by atoms with E-state index in [1.165, 1.54) is 18.2 Å². The summed E-state index contributed by atoms with van der Waals surface area (Å²) in [5, 5.41) is 37.9. The highest BCUT2D eigenvalue weighted by molar-refractivity contribution is 7.92. The van der Waals surface area contributed by atoms with Crippen molar-refractivity contribution in [1.29, 1.82) is 0 Å². The van der Waals surface area contributed by atoms with Crippen LogP contribution in [0, 0.1) is 17.5 Å². The molecule has 0 radical (unpaired) electrons. The van der Waals surface area contributed by atoms with Gasteiger partial charge in [-0.2, -0.15) is 0 Å². The van der Waals surface area contributed by atoms with Gasteiger partial charge in [0.25, 0.3) is 0 Å². The highest BCUT2D eigenvalue weighted by atomic mass is 35.5. The van der Waals surface area contributed by atoms with Gasteiger partial charge in [-0.3, -0.25) is 0 Å².